The summed E-state index contributed by atoms with van der Waals surface area (Å²) in [6.45, 7) is 7.70. The lowest BCUT2D eigenvalue weighted by molar-refractivity contribution is -0.152. The minimum absolute atomic E-state index is 0.240. The van der Waals surface area contributed by atoms with Gasteiger partial charge in [0.15, 0.2) is 0 Å². The molecule has 0 bridgehead atoms. The molecule has 0 saturated heterocycles. The highest BCUT2D eigenvalue weighted by atomic mass is 16.5. The van der Waals surface area contributed by atoms with Gasteiger partial charge in [-0.15, -0.1) is 0 Å². The van der Waals surface area contributed by atoms with E-state index >= 15 is 0 Å². The fraction of sp³-hybridized carbons (Fsp3) is 0.600. The number of carboxylic acids is 2. The van der Waals surface area contributed by atoms with Gasteiger partial charge < -0.3 is 14.9 Å². The first-order valence-electron chi connectivity index (χ1n) is 9.01. The molecule has 0 fully saturated rings. The molecule has 0 spiro atoms. The molecule has 25 heavy (non-hydrogen) atoms. The number of rotatable bonds is 11. The monoisotopic (exact) mass is 352 g/mol. The third-order valence-corrected chi connectivity index (χ3v) is 3.89. The average molecular weight is 352 g/mol. The van der Waals surface area contributed by atoms with E-state index in [0.29, 0.717) is 0 Å². The molecule has 0 radical (unpaired) electrons. The van der Waals surface area contributed by atoms with Crippen LogP contribution in [0, 0.1) is 11.8 Å². The summed E-state index contributed by atoms with van der Waals surface area (Å²) in [6.07, 6.45) is 5.15. The first-order valence-corrected chi connectivity index (χ1v) is 9.01. The van der Waals surface area contributed by atoms with Gasteiger partial charge in [0.25, 0.3) is 0 Å². The van der Waals surface area contributed by atoms with Crippen LogP contribution in [0.4, 0.5) is 0 Å². The lowest BCUT2D eigenvalue weighted by atomic mass is 9.88. The summed E-state index contributed by atoms with van der Waals surface area (Å²) < 4.78 is 5.31. The normalized spacial score (nSPS) is 12.6. The Bertz CT molecular complexity index is 466. The lowest BCUT2D eigenvalue weighted by Crippen LogP contribution is -2.29. The zero-order valence-electron chi connectivity index (χ0n) is 15.6. The molecule has 1 aromatic rings. The van der Waals surface area contributed by atoms with Crippen molar-refractivity contribution in [3.05, 3.63) is 35.9 Å². The largest absolute Gasteiger partial charge is 0.481 e. The molecular formula is C20H32O5. The number of unbranched alkanes of at least 4 members (excludes halogenated alkanes) is 2. The number of aliphatic carboxylic acids is 2. The number of benzene rings is 1. The van der Waals surface area contributed by atoms with Crippen molar-refractivity contribution in [3.63, 3.8) is 0 Å². The molecule has 0 aromatic heterocycles. The van der Waals surface area contributed by atoms with Crippen molar-refractivity contribution < 1.29 is 24.5 Å². The van der Waals surface area contributed by atoms with Gasteiger partial charge in [-0.1, -0.05) is 63.9 Å². The first kappa shape index (κ1) is 23.1. The van der Waals surface area contributed by atoms with Crippen molar-refractivity contribution in [2.24, 2.45) is 11.8 Å². The highest BCUT2D eigenvalue weighted by molar-refractivity contribution is 5.79. The van der Waals surface area contributed by atoms with Gasteiger partial charge in [-0.3, -0.25) is 9.59 Å². The molecule has 0 unspecified atom stereocenters. The standard InChI is InChI=1S/C12H14O4.C8H18O/c1-8(11(13)14)10(12(15)16)7-9-5-3-2-4-6-9;1-3-5-7-9-8-6-4-2/h2-6,8,10H,7H2,1H3,(H,13,14)(H,15,16);3-8H2,1-2H3/t8-,10+;/m0./s1. The van der Waals surface area contributed by atoms with Crippen LogP contribution in [-0.2, 0) is 20.7 Å². The highest BCUT2D eigenvalue weighted by Crippen LogP contribution is 2.18. The van der Waals surface area contributed by atoms with Crippen molar-refractivity contribution in [3.8, 4) is 0 Å². The van der Waals surface area contributed by atoms with Crippen molar-refractivity contribution >= 4 is 11.9 Å². The van der Waals surface area contributed by atoms with Crippen LogP contribution in [0.3, 0.4) is 0 Å². The molecule has 1 rings (SSSR count). The summed E-state index contributed by atoms with van der Waals surface area (Å²) in [4.78, 5) is 21.8. The Morgan fingerprint density at radius 2 is 1.48 bits per heavy atom. The Balaban J connectivity index is 0.000000547. The Labute approximate surface area is 151 Å². The van der Waals surface area contributed by atoms with Gasteiger partial charge in [-0.2, -0.15) is 0 Å². The van der Waals surface area contributed by atoms with E-state index in [-0.39, 0.29) is 6.42 Å². The summed E-state index contributed by atoms with van der Waals surface area (Å²) in [5.41, 5.74) is 0.836. The SMILES string of the molecule is CCCCOCCCC.C[C@H](C(=O)O)[C@@H](Cc1ccccc1)C(=O)O. The van der Waals surface area contributed by atoms with Gasteiger partial charge in [0.2, 0.25) is 0 Å². The minimum Gasteiger partial charge on any atom is -0.481 e. The molecule has 2 atom stereocenters. The summed E-state index contributed by atoms with van der Waals surface area (Å²) in [5, 5.41) is 17.8. The molecular weight excluding hydrogens is 320 g/mol. The summed E-state index contributed by atoms with van der Waals surface area (Å²) in [6, 6.07) is 9.04. The lowest BCUT2D eigenvalue weighted by Gasteiger charge is -2.16. The van der Waals surface area contributed by atoms with Crippen LogP contribution in [0.5, 0.6) is 0 Å². The van der Waals surface area contributed by atoms with Crippen LogP contribution < -0.4 is 0 Å². The van der Waals surface area contributed by atoms with Crippen molar-refractivity contribution in [2.75, 3.05) is 13.2 Å². The summed E-state index contributed by atoms with van der Waals surface area (Å²) >= 11 is 0. The maximum Gasteiger partial charge on any atom is 0.307 e. The predicted molar refractivity (Wildman–Crippen MR) is 98.7 cm³/mol. The number of ether oxygens (including phenoxy) is 1. The van der Waals surface area contributed by atoms with Crippen LogP contribution in [-0.4, -0.2) is 35.4 Å². The van der Waals surface area contributed by atoms with E-state index in [4.69, 9.17) is 14.9 Å². The molecule has 0 heterocycles. The molecule has 5 heteroatoms. The second kappa shape index (κ2) is 14.5. The van der Waals surface area contributed by atoms with Crippen molar-refractivity contribution in [1.29, 1.82) is 0 Å². The fourth-order valence-electron chi connectivity index (χ4n) is 2.11. The molecule has 0 aliphatic heterocycles. The smallest absolute Gasteiger partial charge is 0.307 e. The van der Waals surface area contributed by atoms with E-state index in [9.17, 15) is 9.59 Å². The molecule has 0 saturated carbocycles. The molecule has 5 nitrogen and oxygen atoms in total. The molecule has 2 N–H and O–H groups in total. The zero-order chi connectivity index (χ0) is 19.1. The van der Waals surface area contributed by atoms with E-state index in [0.717, 1.165) is 18.8 Å². The predicted octanol–water partition coefficient (Wildman–Crippen LogP) is 4.25. The molecule has 0 aliphatic rings. The van der Waals surface area contributed by atoms with Gasteiger partial charge in [0, 0.05) is 13.2 Å². The third kappa shape index (κ3) is 11.3. The van der Waals surface area contributed by atoms with E-state index < -0.39 is 23.8 Å². The van der Waals surface area contributed by atoms with Crippen LogP contribution in [0.1, 0.15) is 52.0 Å². The number of carbonyl (C=O) groups is 2. The number of carboxylic acid groups (broad SMARTS) is 2. The van der Waals surface area contributed by atoms with Crippen molar-refractivity contribution in [1.82, 2.24) is 0 Å². The van der Waals surface area contributed by atoms with E-state index in [1.54, 1.807) is 24.3 Å². The van der Waals surface area contributed by atoms with Crippen LogP contribution >= 0.6 is 0 Å². The van der Waals surface area contributed by atoms with Crippen molar-refractivity contribution in [2.45, 2.75) is 52.9 Å². The Morgan fingerprint density at radius 3 is 1.88 bits per heavy atom. The van der Waals surface area contributed by atoms with E-state index in [2.05, 4.69) is 13.8 Å². The minimum atomic E-state index is -1.08. The molecule has 1 aromatic carbocycles. The molecule has 0 aliphatic carbocycles. The maximum atomic E-state index is 11.0. The maximum absolute atomic E-state index is 11.0. The topological polar surface area (TPSA) is 83.8 Å². The molecule has 142 valence electrons. The summed E-state index contributed by atoms with van der Waals surface area (Å²) in [5.74, 6) is -3.93. The zero-order valence-corrected chi connectivity index (χ0v) is 15.6. The molecule has 0 amide bonds. The summed E-state index contributed by atoms with van der Waals surface area (Å²) in [7, 11) is 0. The Morgan fingerprint density at radius 1 is 0.960 bits per heavy atom. The Kier molecular flexibility index (Phi) is 13.4. The van der Waals surface area contributed by atoms with Gasteiger partial charge in [-0.25, -0.2) is 0 Å². The average Bonchev–Trinajstić information content (AvgIpc) is 2.60. The van der Waals surface area contributed by atoms with Crippen LogP contribution in [0.25, 0.3) is 0 Å². The van der Waals surface area contributed by atoms with Gasteiger partial charge in [0.1, 0.15) is 0 Å². The number of hydrogen-bond donors (Lipinski definition) is 2. The Hall–Kier alpha value is -1.88. The van der Waals surface area contributed by atoms with Crippen LogP contribution in [0.15, 0.2) is 30.3 Å². The third-order valence-electron chi connectivity index (χ3n) is 3.89. The van der Waals surface area contributed by atoms with E-state index in [1.807, 2.05) is 6.07 Å². The second-order valence-electron chi connectivity index (χ2n) is 6.08. The highest BCUT2D eigenvalue weighted by Gasteiger charge is 2.29. The second-order valence-corrected chi connectivity index (χ2v) is 6.08. The number of hydrogen-bond acceptors (Lipinski definition) is 3. The van der Waals surface area contributed by atoms with Crippen LogP contribution in [0.2, 0.25) is 0 Å². The quantitative estimate of drug-likeness (QED) is 0.582. The van der Waals surface area contributed by atoms with Gasteiger partial charge in [0.05, 0.1) is 11.8 Å². The first-order chi connectivity index (χ1) is 11.9. The fourth-order valence-corrected chi connectivity index (χ4v) is 2.11. The van der Waals surface area contributed by atoms with E-state index in [1.165, 1.54) is 32.6 Å². The van der Waals surface area contributed by atoms with Gasteiger partial charge >= 0.3 is 11.9 Å². The van der Waals surface area contributed by atoms with Gasteiger partial charge in [-0.05, 0) is 24.8 Å².